The number of carboxylic acids is 1. The van der Waals surface area contributed by atoms with Crippen LogP contribution < -0.4 is 5.73 Å². The SMILES string of the molecule is CCCCCCCC(CN)CC(=O)O. The second-order valence-electron chi connectivity index (χ2n) is 3.90. The first kappa shape index (κ1) is 13.4. The molecule has 1 unspecified atom stereocenters. The van der Waals surface area contributed by atoms with Gasteiger partial charge in [0.25, 0.3) is 0 Å². The van der Waals surface area contributed by atoms with Crippen molar-refractivity contribution in [1.82, 2.24) is 0 Å². The molecule has 1 atom stereocenters. The molecule has 3 N–H and O–H groups in total. The highest BCUT2D eigenvalue weighted by molar-refractivity contribution is 5.67. The first-order chi connectivity index (χ1) is 6.70. The van der Waals surface area contributed by atoms with Gasteiger partial charge in [-0.1, -0.05) is 39.0 Å². The van der Waals surface area contributed by atoms with Gasteiger partial charge < -0.3 is 10.8 Å². The van der Waals surface area contributed by atoms with E-state index in [0.717, 1.165) is 12.8 Å². The average molecular weight is 201 g/mol. The highest BCUT2D eigenvalue weighted by Crippen LogP contribution is 2.13. The van der Waals surface area contributed by atoms with Crippen LogP contribution in [-0.2, 0) is 4.79 Å². The van der Waals surface area contributed by atoms with Crippen molar-refractivity contribution in [2.75, 3.05) is 6.54 Å². The van der Waals surface area contributed by atoms with Gasteiger partial charge in [-0.3, -0.25) is 4.79 Å². The summed E-state index contributed by atoms with van der Waals surface area (Å²) < 4.78 is 0. The Balaban J connectivity index is 3.38. The molecule has 0 spiro atoms. The maximum atomic E-state index is 10.4. The number of carbonyl (C=O) groups is 1. The second-order valence-corrected chi connectivity index (χ2v) is 3.90. The molecule has 0 radical (unpaired) electrons. The molecule has 0 saturated carbocycles. The third-order valence-corrected chi connectivity index (χ3v) is 2.51. The fourth-order valence-corrected chi connectivity index (χ4v) is 1.59. The van der Waals surface area contributed by atoms with E-state index in [1.165, 1.54) is 25.7 Å². The van der Waals surface area contributed by atoms with E-state index in [1.54, 1.807) is 0 Å². The van der Waals surface area contributed by atoms with Gasteiger partial charge in [-0.05, 0) is 18.9 Å². The molecule has 0 aromatic rings. The summed E-state index contributed by atoms with van der Waals surface area (Å²) in [6.45, 7) is 2.69. The molecule has 0 amide bonds. The van der Waals surface area contributed by atoms with E-state index >= 15 is 0 Å². The lowest BCUT2D eigenvalue weighted by molar-refractivity contribution is -0.138. The van der Waals surface area contributed by atoms with Crippen LogP contribution in [0, 0.1) is 5.92 Å². The number of nitrogens with two attached hydrogens (primary N) is 1. The largest absolute Gasteiger partial charge is 0.481 e. The van der Waals surface area contributed by atoms with Gasteiger partial charge in [0.05, 0.1) is 0 Å². The van der Waals surface area contributed by atoms with E-state index in [1.807, 2.05) is 0 Å². The zero-order chi connectivity index (χ0) is 10.8. The van der Waals surface area contributed by atoms with Crippen LogP contribution in [0.1, 0.15) is 51.9 Å². The normalized spacial score (nSPS) is 12.7. The highest BCUT2D eigenvalue weighted by Gasteiger charge is 2.10. The zero-order valence-electron chi connectivity index (χ0n) is 9.17. The quantitative estimate of drug-likeness (QED) is 0.563. The molecule has 0 bridgehead atoms. The fraction of sp³-hybridized carbons (Fsp3) is 0.909. The maximum absolute atomic E-state index is 10.4. The van der Waals surface area contributed by atoms with Crippen LogP contribution in [0.15, 0.2) is 0 Å². The van der Waals surface area contributed by atoms with Crippen molar-refractivity contribution in [3.05, 3.63) is 0 Å². The van der Waals surface area contributed by atoms with Crippen LogP contribution in [0.3, 0.4) is 0 Å². The van der Waals surface area contributed by atoms with Gasteiger partial charge in [0, 0.05) is 6.42 Å². The summed E-state index contributed by atoms with van der Waals surface area (Å²) in [7, 11) is 0. The molecule has 84 valence electrons. The summed E-state index contributed by atoms with van der Waals surface area (Å²) in [5, 5.41) is 8.60. The Morgan fingerprint density at radius 1 is 1.29 bits per heavy atom. The minimum Gasteiger partial charge on any atom is -0.481 e. The molecule has 0 aliphatic rings. The van der Waals surface area contributed by atoms with Gasteiger partial charge in [0.2, 0.25) is 0 Å². The monoisotopic (exact) mass is 201 g/mol. The van der Waals surface area contributed by atoms with Crippen molar-refractivity contribution >= 4 is 5.97 Å². The second kappa shape index (κ2) is 9.00. The molecule has 14 heavy (non-hydrogen) atoms. The molecule has 0 rings (SSSR count). The van der Waals surface area contributed by atoms with E-state index in [9.17, 15) is 4.79 Å². The lowest BCUT2D eigenvalue weighted by atomic mass is 9.97. The van der Waals surface area contributed by atoms with Crippen LogP contribution in [-0.4, -0.2) is 17.6 Å². The Bertz CT molecular complexity index is 148. The molecule has 0 saturated heterocycles. The Labute approximate surface area is 86.7 Å². The lowest BCUT2D eigenvalue weighted by Gasteiger charge is -2.11. The predicted molar refractivity (Wildman–Crippen MR) is 58.2 cm³/mol. The number of hydrogen-bond donors (Lipinski definition) is 2. The number of unbranched alkanes of at least 4 members (excludes halogenated alkanes) is 4. The molecule has 0 aromatic carbocycles. The average Bonchev–Trinajstić information content (AvgIpc) is 2.15. The van der Waals surface area contributed by atoms with Crippen molar-refractivity contribution in [3.63, 3.8) is 0 Å². The number of hydrogen-bond acceptors (Lipinski definition) is 2. The van der Waals surface area contributed by atoms with E-state index in [2.05, 4.69) is 6.92 Å². The Morgan fingerprint density at radius 3 is 2.43 bits per heavy atom. The topological polar surface area (TPSA) is 63.3 Å². The van der Waals surface area contributed by atoms with Crippen molar-refractivity contribution < 1.29 is 9.90 Å². The van der Waals surface area contributed by atoms with Gasteiger partial charge >= 0.3 is 5.97 Å². The Hall–Kier alpha value is -0.570. The minimum atomic E-state index is -0.728. The van der Waals surface area contributed by atoms with Gasteiger partial charge in [-0.15, -0.1) is 0 Å². The summed E-state index contributed by atoms with van der Waals surface area (Å²) >= 11 is 0. The standard InChI is InChI=1S/C11H23NO2/c1-2-3-4-5-6-7-10(9-12)8-11(13)14/h10H,2-9,12H2,1H3,(H,13,14). The third kappa shape index (κ3) is 8.05. The minimum absolute atomic E-state index is 0.175. The first-order valence-electron chi connectivity index (χ1n) is 5.62. The summed E-state index contributed by atoms with van der Waals surface area (Å²) in [5.41, 5.74) is 5.50. The molecular formula is C11H23NO2. The molecule has 3 nitrogen and oxygen atoms in total. The highest BCUT2D eigenvalue weighted by atomic mass is 16.4. The summed E-state index contributed by atoms with van der Waals surface area (Å²) in [4.78, 5) is 10.4. The van der Waals surface area contributed by atoms with Crippen molar-refractivity contribution in [3.8, 4) is 0 Å². The molecule has 0 aliphatic carbocycles. The van der Waals surface area contributed by atoms with E-state index in [-0.39, 0.29) is 12.3 Å². The van der Waals surface area contributed by atoms with Crippen LogP contribution in [0.5, 0.6) is 0 Å². The van der Waals surface area contributed by atoms with Crippen LogP contribution in [0.25, 0.3) is 0 Å². The summed E-state index contributed by atoms with van der Waals surface area (Å²) in [5.74, 6) is -0.553. The van der Waals surface area contributed by atoms with Gasteiger partial charge in [0.15, 0.2) is 0 Å². The summed E-state index contributed by atoms with van der Waals surface area (Å²) in [6, 6.07) is 0. The van der Waals surface area contributed by atoms with E-state index in [4.69, 9.17) is 10.8 Å². The van der Waals surface area contributed by atoms with Gasteiger partial charge in [-0.2, -0.15) is 0 Å². The van der Waals surface area contributed by atoms with E-state index in [0.29, 0.717) is 6.54 Å². The van der Waals surface area contributed by atoms with Crippen molar-refractivity contribution in [2.24, 2.45) is 11.7 Å². The lowest BCUT2D eigenvalue weighted by Crippen LogP contribution is -2.17. The number of aliphatic carboxylic acids is 1. The molecule has 0 heterocycles. The number of rotatable bonds is 9. The van der Waals surface area contributed by atoms with Gasteiger partial charge in [0.1, 0.15) is 0 Å². The van der Waals surface area contributed by atoms with E-state index < -0.39 is 5.97 Å². The summed E-state index contributed by atoms with van der Waals surface area (Å²) in [6.07, 6.45) is 7.32. The number of carboxylic acid groups (broad SMARTS) is 1. The van der Waals surface area contributed by atoms with Crippen molar-refractivity contribution in [1.29, 1.82) is 0 Å². The smallest absolute Gasteiger partial charge is 0.303 e. The van der Waals surface area contributed by atoms with Crippen molar-refractivity contribution in [2.45, 2.75) is 51.9 Å². The first-order valence-corrected chi connectivity index (χ1v) is 5.62. The molecule has 0 fully saturated rings. The Kier molecular flexibility index (Phi) is 8.64. The third-order valence-electron chi connectivity index (χ3n) is 2.51. The van der Waals surface area contributed by atoms with Gasteiger partial charge in [-0.25, -0.2) is 0 Å². The predicted octanol–water partition coefficient (Wildman–Crippen LogP) is 2.40. The van der Waals surface area contributed by atoms with Crippen LogP contribution >= 0.6 is 0 Å². The maximum Gasteiger partial charge on any atom is 0.303 e. The Morgan fingerprint density at radius 2 is 1.93 bits per heavy atom. The zero-order valence-corrected chi connectivity index (χ0v) is 9.17. The fourth-order valence-electron chi connectivity index (χ4n) is 1.59. The van der Waals surface area contributed by atoms with Crippen LogP contribution in [0.2, 0.25) is 0 Å². The molecule has 0 aliphatic heterocycles. The molecule has 0 aromatic heterocycles. The van der Waals surface area contributed by atoms with Crippen LogP contribution in [0.4, 0.5) is 0 Å². The molecule has 3 heteroatoms. The molecular weight excluding hydrogens is 178 g/mol.